The third kappa shape index (κ3) is 5.42. The number of carbonyl (C=O) groups is 1. The van der Waals surface area contributed by atoms with Crippen molar-refractivity contribution in [3.05, 3.63) is 34.5 Å². The molecular formula is C23H35N5O3. The van der Waals surface area contributed by atoms with E-state index in [1.807, 2.05) is 33.0 Å². The average Bonchev–Trinajstić information content (AvgIpc) is 3.43. The lowest BCUT2D eigenvalue weighted by Gasteiger charge is -2.25. The van der Waals surface area contributed by atoms with Crippen LogP contribution >= 0.6 is 0 Å². The minimum absolute atomic E-state index is 0. The number of hydrogen-bond donors (Lipinski definition) is 3. The molecule has 0 atom stereocenters. The number of H-pyrrole nitrogens is 2. The molecule has 0 bridgehead atoms. The number of aromatic nitrogens is 4. The van der Waals surface area contributed by atoms with Crippen molar-refractivity contribution in [2.24, 2.45) is 0 Å². The summed E-state index contributed by atoms with van der Waals surface area (Å²) in [6.45, 7) is 5.65. The number of amides is 1. The van der Waals surface area contributed by atoms with Gasteiger partial charge in [0.1, 0.15) is 22.5 Å². The van der Waals surface area contributed by atoms with E-state index in [0.717, 1.165) is 47.8 Å². The maximum absolute atomic E-state index is 11.9. The maximum atomic E-state index is 11.9. The van der Waals surface area contributed by atoms with Crippen LogP contribution in [0.2, 0.25) is 0 Å². The molecule has 5 rings (SSSR count). The molecule has 8 heteroatoms. The van der Waals surface area contributed by atoms with Gasteiger partial charge in [-0.15, -0.1) is 0 Å². The monoisotopic (exact) mass is 429 g/mol. The van der Waals surface area contributed by atoms with Crippen LogP contribution in [-0.4, -0.2) is 37.7 Å². The van der Waals surface area contributed by atoms with Crippen molar-refractivity contribution in [2.45, 2.75) is 83.3 Å². The summed E-state index contributed by atoms with van der Waals surface area (Å²) in [5, 5.41) is 3.83. The van der Waals surface area contributed by atoms with Crippen molar-refractivity contribution >= 4 is 28.2 Å². The van der Waals surface area contributed by atoms with E-state index in [0.29, 0.717) is 17.7 Å². The number of pyridine rings is 1. The van der Waals surface area contributed by atoms with Gasteiger partial charge in [-0.2, -0.15) is 0 Å². The highest BCUT2D eigenvalue weighted by atomic mass is 16.6. The van der Waals surface area contributed by atoms with Crippen LogP contribution in [0.1, 0.15) is 80.2 Å². The number of nitrogens with zero attached hydrogens (tertiary/aromatic N) is 2. The Bertz CT molecular complexity index is 1130. The lowest BCUT2D eigenvalue weighted by atomic mass is 9.96. The van der Waals surface area contributed by atoms with Crippen molar-refractivity contribution < 1.29 is 12.4 Å². The fourth-order valence-electron chi connectivity index (χ4n) is 3.93. The largest absolute Gasteiger partial charge is 0.444 e. The first kappa shape index (κ1) is 21.3. The molecule has 2 saturated carbocycles. The molecule has 0 unspecified atom stereocenters. The molecule has 0 saturated heterocycles. The number of aromatic amines is 2. The molecule has 0 aliphatic heterocycles. The summed E-state index contributed by atoms with van der Waals surface area (Å²) in [7, 11) is 0. The highest BCUT2D eigenvalue weighted by Gasteiger charge is 2.28. The number of alkyl carbamates (subject to hydrolysis) is 1. The summed E-state index contributed by atoms with van der Waals surface area (Å²) in [5.41, 5.74) is 2.51. The van der Waals surface area contributed by atoms with Crippen LogP contribution in [0.5, 0.6) is 0 Å². The highest BCUT2D eigenvalue weighted by Crippen LogP contribution is 2.37. The molecule has 2 aliphatic carbocycles. The van der Waals surface area contributed by atoms with Gasteiger partial charge in [0.15, 0.2) is 0 Å². The van der Waals surface area contributed by atoms with Crippen LogP contribution in [-0.2, 0) is 4.74 Å². The summed E-state index contributed by atoms with van der Waals surface area (Å²) in [4.78, 5) is 38.0. The molecule has 170 valence electrons. The zero-order chi connectivity index (χ0) is 22.0. The van der Waals surface area contributed by atoms with E-state index in [-0.39, 0.29) is 14.5 Å². The molecule has 0 spiro atoms. The van der Waals surface area contributed by atoms with Gasteiger partial charge in [-0.3, -0.25) is 4.79 Å². The number of rotatable bonds is 2. The van der Waals surface area contributed by atoms with E-state index in [1.165, 1.54) is 19.3 Å². The first-order valence-electron chi connectivity index (χ1n) is 11.2. The van der Waals surface area contributed by atoms with Crippen molar-refractivity contribution in [3.63, 3.8) is 0 Å². The van der Waals surface area contributed by atoms with E-state index in [2.05, 4.69) is 25.3 Å². The molecule has 3 heterocycles. The Kier molecular flexibility index (Phi) is 5.98. The lowest BCUT2D eigenvalue weighted by molar-refractivity contribution is 0.0493. The minimum atomic E-state index is -0.390. The Morgan fingerprint density at radius 1 is 1.19 bits per heavy atom. The van der Waals surface area contributed by atoms with Gasteiger partial charge in [0, 0.05) is 26.4 Å². The van der Waals surface area contributed by atoms with Crippen molar-refractivity contribution in [2.75, 3.05) is 0 Å². The lowest BCUT2D eigenvalue weighted by Crippen LogP contribution is -2.39. The van der Waals surface area contributed by atoms with Crippen LogP contribution in [0.25, 0.3) is 22.1 Å². The van der Waals surface area contributed by atoms with Crippen LogP contribution in [0.4, 0.5) is 4.79 Å². The van der Waals surface area contributed by atoms with Gasteiger partial charge in [0.05, 0.1) is 11.7 Å². The number of hydrogen-bond acceptors (Lipinski definition) is 5. The van der Waals surface area contributed by atoms with Gasteiger partial charge >= 0.3 is 6.09 Å². The molecule has 0 radical (unpaired) electrons. The standard InChI is InChI=1S/C12H10N4O.C11H21NO2.2H2/c17-12-9(6-1-2-6)15-8-5-14-11-7(3-4-13-11)10(8)16-12;1-11(2,3)14-10(13)12-9-7-5-4-6-8-9;;/h3-6H,1-2H2,(H,13,14)(H,16,17);9H,4-8H2,1-3H3,(H,12,13);2*1H. The van der Waals surface area contributed by atoms with Gasteiger partial charge in [0.25, 0.3) is 5.56 Å². The van der Waals surface area contributed by atoms with Gasteiger partial charge < -0.3 is 20.0 Å². The molecule has 3 aromatic heterocycles. The molecule has 1 amide bonds. The summed E-state index contributed by atoms with van der Waals surface area (Å²) in [6, 6.07) is 2.23. The average molecular weight is 430 g/mol. The molecule has 31 heavy (non-hydrogen) atoms. The third-order valence-electron chi connectivity index (χ3n) is 5.57. The Morgan fingerprint density at radius 3 is 2.61 bits per heavy atom. The Morgan fingerprint density at radius 2 is 1.94 bits per heavy atom. The number of carbonyl (C=O) groups excluding carboxylic acids is 1. The van der Waals surface area contributed by atoms with E-state index in [1.54, 1.807) is 6.20 Å². The normalized spacial score (nSPS) is 17.3. The SMILES string of the molecule is CC(C)(C)OC(=O)NC1CCCCC1.O=c1[nH]c2c(cnc3[nH]ccc32)nc1C1CC1.[HH].[HH]. The Hall–Kier alpha value is -2.90. The van der Waals surface area contributed by atoms with E-state index in [4.69, 9.17) is 4.74 Å². The number of ether oxygens (including phenoxy) is 1. The second-order valence-corrected chi connectivity index (χ2v) is 9.46. The molecule has 0 aromatic carbocycles. The zero-order valence-electron chi connectivity index (χ0n) is 18.5. The van der Waals surface area contributed by atoms with Gasteiger partial charge in [-0.05, 0) is 52.5 Å². The quantitative estimate of drug-likeness (QED) is 0.530. The fraction of sp³-hybridized carbons (Fsp3) is 0.565. The van der Waals surface area contributed by atoms with Crippen LogP contribution in [0, 0.1) is 0 Å². The maximum Gasteiger partial charge on any atom is 0.407 e. The predicted molar refractivity (Wildman–Crippen MR) is 124 cm³/mol. The molecule has 8 nitrogen and oxygen atoms in total. The molecule has 3 aromatic rings. The zero-order valence-corrected chi connectivity index (χ0v) is 18.5. The van der Waals surface area contributed by atoms with E-state index in [9.17, 15) is 9.59 Å². The van der Waals surface area contributed by atoms with Crippen LogP contribution < -0.4 is 10.9 Å². The van der Waals surface area contributed by atoms with Gasteiger partial charge in [0.2, 0.25) is 0 Å². The summed E-state index contributed by atoms with van der Waals surface area (Å²) in [5.74, 6) is 0.352. The van der Waals surface area contributed by atoms with Gasteiger partial charge in [-0.1, -0.05) is 19.3 Å². The molecular weight excluding hydrogens is 394 g/mol. The smallest absolute Gasteiger partial charge is 0.407 e. The first-order valence-corrected chi connectivity index (χ1v) is 11.2. The second kappa shape index (κ2) is 8.69. The molecule has 2 fully saturated rings. The third-order valence-corrected chi connectivity index (χ3v) is 5.57. The van der Waals surface area contributed by atoms with Crippen molar-refractivity contribution in [1.82, 2.24) is 25.3 Å². The number of nitrogens with one attached hydrogen (secondary N) is 3. The van der Waals surface area contributed by atoms with Crippen LogP contribution in [0.3, 0.4) is 0 Å². The fourth-order valence-corrected chi connectivity index (χ4v) is 3.93. The summed E-state index contributed by atoms with van der Waals surface area (Å²) >= 11 is 0. The van der Waals surface area contributed by atoms with Crippen molar-refractivity contribution in [3.8, 4) is 0 Å². The number of fused-ring (bicyclic) bond motifs is 3. The van der Waals surface area contributed by atoms with Crippen LogP contribution in [0.15, 0.2) is 23.3 Å². The van der Waals surface area contributed by atoms with E-state index >= 15 is 0 Å². The summed E-state index contributed by atoms with van der Waals surface area (Å²) < 4.78 is 5.19. The molecule has 2 aliphatic rings. The van der Waals surface area contributed by atoms with Crippen molar-refractivity contribution in [1.29, 1.82) is 0 Å². The Labute approximate surface area is 184 Å². The highest BCUT2D eigenvalue weighted by molar-refractivity contribution is 6.00. The first-order chi connectivity index (χ1) is 14.8. The second-order valence-electron chi connectivity index (χ2n) is 9.46. The van der Waals surface area contributed by atoms with E-state index < -0.39 is 5.60 Å². The topological polar surface area (TPSA) is 113 Å². The predicted octanol–water partition coefficient (Wildman–Crippen LogP) is 5.01. The molecule has 3 N–H and O–H groups in total. The Balaban J connectivity index is 0.000000225. The minimum Gasteiger partial charge on any atom is -0.444 e. The van der Waals surface area contributed by atoms with Gasteiger partial charge in [-0.25, -0.2) is 14.8 Å². The summed E-state index contributed by atoms with van der Waals surface area (Å²) in [6.07, 6.45) is 11.3.